The minimum atomic E-state index is -2.97. The minimum absolute atomic E-state index is 1.23. The van der Waals surface area contributed by atoms with Crippen LogP contribution in [-0.2, 0) is 0 Å². The minimum Gasteiger partial charge on any atom is -0.0623 e. The quantitative estimate of drug-likeness (QED) is 0.0728. The van der Waals surface area contributed by atoms with Crippen LogP contribution in [0.4, 0.5) is 0 Å². The molecule has 0 spiro atoms. The summed E-state index contributed by atoms with van der Waals surface area (Å²) in [5.41, 5.74) is 5.00. The average Bonchev–Trinajstić information content (AvgIpc) is 3.46. The van der Waals surface area contributed by atoms with Crippen LogP contribution < -0.4 is 41.5 Å². The molecule has 0 fully saturated rings. The van der Waals surface area contributed by atoms with Crippen molar-refractivity contribution in [2.45, 2.75) is 0 Å². The summed E-state index contributed by atoms with van der Waals surface area (Å²) < 4.78 is 0. The third-order valence-electron chi connectivity index (χ3n) is 15.3. The lowest BCUT2D eigenvalue weighted by Crippen LogP contribution is -2.74. The van der Waals surface area contributed by atoms with E-state index in [2.05, 4.69) is 303 Å². The van der Waals surface area contributed by atoms with Gasteiger partial charge in [0.1, 0.15) is 0 Å². The highest BCUT2D eigenvalue weighted by Crippen LogP contribution is 2.46. The Hall–Kier alpha value is -8.67. The van der Waals surface area contributed by atoms with Crippen molar-refractivity contribution in [2.24, 2.45) is 0 Å². The monoisotopic (exact) mass is 946 g/mol. The summed E-state index contributed by atoms with van der Waals surface area (Å²) >= 11 is 0. The lowest BCUT2D eigenvalue weighted by molar-refractivity contribution is 1.66. The summed E-state index contributed by atoms with van der Waals surface area (Å²) in [6, 6.07) is 115. The van der Waals surface area contributed by atoms with Crippen LogP contribution in [0.1, 0.15) is 0 Å². The van der Waals surface area contributed by atoms with Gasteiger partial charge < -0.3 is 0 Å². The zero-order valence-electron chi connectivity index (χ0n) is 39.9. The first kappa shape index (κ1) is 43.4. The highest BCUT2D eigenvalue weighted by Gasteiger charge is 2.43. The van der Waals surface area contributed by atoms with Gasteiger partial charge in [0.05, 0.1) is 0 Å². The molecular formula is C70H50Si2. The van der Waals surface area contributed by atoms with E-state index in [1.807, 2.05) is 0 Å². The fourth-order valence-corrected chi connectivity index (χ4v) is 21.8. The van der Waals surface area contributed by atoms with Crippen LogP contribution in [0.25, 0.3) is 65.3 Å². The van der Waals surface area contributed by atoms with E-state index in [0.29, 0.717) is 0 Å². The van der Waals surface area contributed by atoms with Crippen molar-refractivity contribution in [3.8, 4) is 22.3 Å². The molecule has 0 atom stereocenters. The molecule has 0 unspecified atom stereocenters. The molecule has 0 bridgehead atoms. The van der Waals surface area contributed by atoms with Gasteiger partial charge in [-0.05, 0) is 107 Å². The van der Waals surface area contributed by atoms with Gasteiger partial charge in [0.2, 0.25) is 0 Å². The zero-order valence-corrected chi connectivity index (χ0v) is 41.9. The molecule has 0 heterocycles. The fraction of sp³-hybridized carbons (Fsp3) is 0. The van der Waals surface area contributed by atoms with Crippen LogP contribution in [-0.4, -0.2) is 16.1 Å². The van der Waals surface area contributed by atoms with Gasteiger partial charge >= 0.3 is 0 Å². The van der Waals surface area contributed by atoms with Gasteiger partial charge in [0, 0.05) is 0 Å². The molecule has 13 rings (SSSR count). The SMILES string of the molecule is c1ccc([Si](c2ccccc2)(c2ccccc2)c2ccc3c(-c4cccc5ccccc45)c4ccc([Si](c5ccccc5)(c5ccccc5)c5ccccc5)cc4c(-c4cccc5ccccc45)c3c2)cc1. The van der Waals surface area contributed by atoms with Crippen LogP contribution in [0.5, 0.6) is 0 Å². The molecule has 0 aliphatic rings. The second kappa shape index (κ2) is 18.3. The number of rotatable bonds is 10. The maximum atomic E-state index is 2.63. The highest BCUT2D eigenvalue weighted by molar-refractivity contribution is 7.20. The normalized spacial score (nSPS) is 11.9. The van der Waals surface area contributed by atoms with Gasteiger partial charge in [-0.15, -0.1) is 0 Å². The standard InChI is InChI=1S/C70H50Si2/c1-7-29-53(30-8-1)71(54-31-9-2-10-32-54,55-33-11-3-12-34-55)59-45-47-65-67(49-59)70(64-44-24-28-52-26-20-22-42-62(52)64)68-50-60(46-48-66(68)69(65)63-43-23-27-51-25-19-21-41-61(51)63)72(56-35-13-4-14-36-56,57-37-15-5-16-38-57)58-39-17-6-18-40-58/h1-50H. The van der Waals surface area contributed by atoms with Crippen LogP contribution in [0, 0.1) is 0 Å². The smallest absolute Gasteiger partial charge is 0.0623 e. The number of hydrogen-bond donors (Lipinski definition) is 0. The number of fused-ring (bicyclic) bond motifs is 4. The van der Waals surface area contributed by atoms with E-state index in [1.165, 1.54) is 107 Å². The highest BCUT2D eigenvalue weighted by atomic mass is 28.3. The Bertz CT molecular complexity index is 3670. The molecule has 0 aliphatic heterocycles. The molecule has 72 heavy (non-hydrogen) atoms. The number of benzene rings is 13. The molecule has 0 radical (unpaired) electrons. The van der Waals surface area contributed by atoms with E-state index in [0.717, 1.165) is 0 Å². The molecular weight excluding hydrogens is 897 g/mol. The van der Waals surface area contributed by atoms with E-state index in [4.69, 9.17) is 0 Å². The fourth-order valence-electron chi connectivity index (χ4n) is 12.3. The maximum Gasteiger partial charge on any atom is 0.179 e. The van der Waals surface area contributed by atoms with Gasteiger partial charge in [-0.25, -0.2) is 0 Å². The Kier molecular flexibility index (Phi) is 11.0. The molecule has 13 aromatic carbocycles. The zero-order chi connectivity index (χ0) is 47.9. The van der Waals surface area contributed by atoms with Crippen LogP contribution in [0.15, 0.2) is 303 Å². The molecule has 0 aromatic heterocycles. The molecule has 0 nitrogen and oxygen atoms in total. The van der Waals surface area contributed by atoms with Crippen molar-refractivity contribution >= 4 is 101 Å². The van der Waals surface area contributed by atoms with Crippen molar-refractivity contribution in [3.05, 3.63) is 303 Å². The Balaban J connectivity index is 1.26. The first-order valence-electron chi connectivity index (χ1n) is 25.1. The van der Waals surface area contributed by atoms with Gasteiger partial charge in [-0.2, -0.15) is 0 Å². The Morgan fingerprint density at radius 3 is 0.750 bits per heavy atom. The number of hydrogen-bond acceptors (Lipinski definition) is 0. The van der Waals surface area contributed by atoms with E-state index in [9.17, 15) is 0 Å². The Morgan fingerprint density at radius 2 is 0.431 bits per heavy atom. The van der Waals surface area contributed by atoms with E-state index in [1.54, 1.807) is 0 Å². The largest absolute Gasteiger partial charge is 0.179 e. The predicted molar refractivity (Wildman–Crippen MR) is 315 cm³/mol. The molecule has 0 N–H and O–H groups in total. The summed E-state index contributed by atoms with van der Waals surface area (Å²) in [6.07, 6.45) is 0. The first-order chi connectivity index (χ1) is 35.7. The molecule has 0 amide bonds. The molecule has 2 heteroatoms. The van der Waals surface area contributed by atoms with Crippen molar-refractivity contribution in [1.82, 2.24) is 0 Å². The van der Waals surface area contributed by atoms with Crippen molar-refractivity contribution in [2.75, 3.05) is 0 Å². The van der Waals surface area contributed by atoms with E-state index in [-0.39, 0.29) is 0 Å². The average molecular weight is 947 g/mol. The topological polar surface area (TPSA) is 0 Å². The van der Waals surface area contributed by atoms with E-state index < -0.39 is 16.1 Å². The third-order valence-corrected chi connectivity index (χ3v) is 24.9. The van der Waals surface area contributed by atoms with Crippen molar-refractivity contribution in [1.29, 1.82) is 0 Å². The van der Waals surface area contributed by atoms with Crippen molar-refractivity contribution < 1.29 is 0 Å². The third kappa shape index (κ3) is 6.94. The lowest BCUT2D eigenvalue weighted by atomic mass is 9.83. The molecule has 338 valence electrons. The lowest BCUT2D eigenvalue weighted by Gasteiger charge is -2.35. The summed E-state index contributed by atoms with van der Waals surface area (Å²) in [6.45, 7) is 0. The summed E-state index contributed by atoms with van der Waals surface area (Å²) in [5.74, 6) is 0. The molecule has 0 saturated heterocycles. The van der Waals surface area contributed by atoms with Gasteiger partial charge in [0.25, 0.3) is 0 Å². The Labute approximate surface area is 423 Å². The van der Waals surface area contributed by atoms with Gasteiger partial charge in [-0.3, -0.25) is 0 Å². The summed E-state index contributed by atoms with van der Waals surface area (Å²) in [4.78, 5) is 0. The first-order valence-corrected chi connectivity index (χ1v) is 29.1. The second-order valence-electron chi connectivity index (χ2n) is 19.0. The van der Waals surface area contributed by atoms with Gasteiger partial charge in [-0.1, -0.05) is 303 Å². The summed E-state index contributed by atoms with van der Waals surface area (Å²) in [7, 11) is -5.94. The second-order valence-corrected chi connectivity index (χ2v) is 26.6. The molecule has 13 aromatic rings. The van der Waals surface area contributed by atoms with Crippen LogP contribution in [0.3, 0.4) is 0 Å². The molecule has 0 aliphatic carbocycles. The van der Waals surface area contributed by atoms with Crippen LogP contribution in [0.2, 0.25) is 0 Å². The molecule has 0 saturated carbocycles. The van der Waals surface area contributed by atoms with Crippen molar-refractivity contribution in [3.63, 3.8) is 0 Å². The van der Waals surface area contributed by atoms with E-state index >= 15 is 0 Å². The maximum absolute atomic E-state index is 2.97. The predicted octanol–water partition coefficient (Wildman–Crippen LogP) is 12.4. The summed E-state index contributed by atoms with van der Waals surface area (Å²) in [5, 5.41) is 20.8. The Morgan fingerprint density at radius 1 is 0.167 bits per heavy atom. The van der Waals surface area contributed by atoms with Gasteiger partial charge in [0.15, 0.2) is 16.1 Å². The van der Waals surface area contributed by atoms with Crippen LogP contribution >= 0.6 is 0 Å².